The Morgan fingerprint density at radius 2 is 1.94 bits per heavy atom. The average Bonchev–Trinajstić information content (AvgIpc) is 2.88. The molecule has 0 N–H and O–H groups in total. The lowest BCUT2D eigenvalue weighted by atomic mass is 10.1. The van der Waals surface area contributed by atoms with Crippen molar-refractivity contribution in [2.45, 2.75) is 26.4 Å². The van der Waals surface area contributed by atoms with Gasteiger partial charge < -0.3 is 9.47 Å². The van der Waals surface area contributed by atoms with Crippen LogP contribution in [0.3, 0.4) is 0 Å². The number of aryl methyl sites for hydroxylation is 1. The highest BCUT2D eigenvalue weighted by atomic mass is 79.9. The van der Waals surface area contributed by atoms with Crippen LogP contribution in [0, 0.1) is 11.3 Å². The molecule has 0 bridgehead atoms. The monoisotopic (exact) mass is 608 g/mol. The fourth-order valence-corrected chi connectivity index (χ4v) is 4.53. The van der Waals surface area contributed by atoms with Crippen molar-refractivity contribution in [1.29, 1.82) is 5.26 Å². The van der Waals surface area contributed by atoms with Crippen LogP contribution >= 0.6 is 31.9 Å². The molecule has 0 aliphatic carbocycles. The molecule has 4 rings (SSSR count). The van der Waals surface area contributed by atoms with E-state index in [0.717, 1.165) is 20.9 Å². The summed E-state index contributed by atoms with van der Waals surface area (Å²) in [5.74, 6) is 1.50. The smallest absolute Gasteiger partial charge is 0.282 e. The summed E-state index contributed by atoms with van der Waals surface area (Å²) >= 11 is 6.93. The number of benzene rings is 3. The van der Waals surface area contributed by atoms with Crippen molar-refractivity contribution < 1.29 is 9.47 Å². The Kier molecular flexibility index (Phi) is 8.18. The van der Waals surface area contributed by atoms with Crippen molar-refractivity contribution in [2.75, 3.05) is 7.11 Å². The minimum absolute atomic E-state index is 0.162. The summed E-state index contributed by atoms with van der Waals surface area (Å²) in [4.78, 5) is 18.0. The summed E-state index contributed by atoms with van der Waals surface area (Å²) in [7, 11) is 1.55. The van der Waals surface area contributed by atoms with E-state index in [1.165, 1.54) is 4.68 Å². The molecule has 0 fully saturated rings. The van der Waals surface area contributed by atoms with Crippen LogP contribution in [0.4, 0.5) is 0 Å². The first-order chi connectivity index (χ1) is 17.4. The molecular weight excluding hydrogens is 588 g/mol. The maximum absolute atomic E-state index is 13.3. The van der Waals surface area contributed by atoms with E-state index in [9.17, 15) is 10.1 Å². The highest BCUT2D eigenvalue weighted by Gasteiger charge is 2.15. The van der Waals surface area contributed by atoms with Gasteiger partial charge in [-0.2, -0.15) is 15.0 Å². The third-order valence-corrected chi connectivity index (χ3v) is 6.39. The molecule has 0 atom stereocenters. The SMILES string of the molecule is CCCc1nc2ccc(Br)cc2c(=O)n1N=Cc1cc(Br)cc(OC)c1OCc1ccccc1C#N. The molecule has 0 aliphatic rings. The number of halogens is 2. The van der Waals surface area contributed by atoms with Gasteiger partial charge in [0.2, 0.25) is 0 Å². The zero-order valence-corrected chi connectivity index (χ0v) is 22.8. The van der Waals surface area contributed by atoms with Gasteiger partial charge in [-0.15, -0.1) is 0 Å². The van der Waals surface area contributed by atoms with Crippen LogP contribution in [0.1, 0.15) is 35.9 Å². The molecule has 9 heteroatoms. The maximum Gasteiger partial charge on any atom is 0.282 e. The number of nitriles is 1. The third-order valence-electron chi connectivity index (χ3n) is 5.44. The highest BCUT2D eigenvalue weighted by Crippen LogP contribution is 2.35. The molecule has 7 nitrogen and oxygen atoms in total. The second kappa shape index (κ2) is 11.5. The van der Waals surface area contributed by atoms with E-state index in [-0.39, 0.29) is 12.2 Å². The molecule has 1 heterocycles. The molecular formula is C27H22Br2N4O3. The normalized spacial score (nSPS) is 11.1. The number of rotatable bonds is 8. The molecule has 36 heavy (non-hydrogen) atoms. The maximum atomic E-state index is 13.3. The number of nitrogens with zero attached hydrogens (tertiary/aromatic N) is 4. The molecule has 3 aromatic carbocycles. The van der Waals surface area contributed by atoms with Crippen LogP contribution in [0.5, 0.6) is 11.5 Å². The zero-order valence-electron chi connectivity index (χ0n) is 19.7. The Hall–Kier alpha value is -3.48. The Labute approximate surface area is 225 Å². The summed E-state index contributed by atoms with van der Waals surface area (Å²) in [6.07, 6.45) is 2.96. The molecule has 0 spiro atoms. The van der Waals surface area contributed by atoms with Crippen LogP contribution in [0.2, 0.25) is 0 Å². The lowest BCUT2D eigenvalue weighted by Gasteiger charge is -2.15. The molecule has 0 radical (unpaired) electrons. The van der Waals surface area contributed by atoms with E-state index >= 15 is 0 Å². The first kappa shape index (κ1) is 25.6. The van der Waals surface area contributed by atoms with Gasteiger partial charge in [0.05, 0.1) is 35.9 Å². The molecule has 1 aromatic heterocycles. The van der Waals surface area contributed by atoms with Crippen molar-refractivity contribution in [3.05, 3.63) is 96.4 Å². The first-order valence-corrected chi connectivity index (χ1v) is 12.8. The third kappa shape index (κ3) is 5.50. The number of ether oxygens (including phenoxy) is 2. The van der Waals surface area contributed by atoms with Crippen molar-refractivity contribution in [3.8, 4) is 17.6 Å². The molecule has 0 amide bonds. The molecule has 182 valence electrons. The van der Waals surface area contributed by atoms with Crippen LogP contribution in [0.25, 0.3) is 10.9 Å². The second-order valence-corrected chi connectivity index (χ2v) is 9.72. The van der Waals surface area contributed by atoms with E-state index < -0.39 is 0 Å². The molecule has 0 saturated heterocycles. The second-order valence-electron chi connectivity index (χ2n) is 7.89. The van der Waals surface area contributed by atoms with E-state index in [1.54, 1.807) is 31.5 Å². The van der Waals surface area contributed by atoms with Gasteiger partial charge in [-0.1, -0.05) is 57.0 Å². The quantitative estimate of drug-likeness (QED) is 0.221. The minimum atomic E-state index is -0.256. The Morgan fingerprint density at radius 3 is 2.69 bits per heavy atom. The number of fused-ring (bicyclic) bond motifs is 1. The van der Waals surface area contributed by atoms with Crippen LogP contribution in [0.15, 0.2) is 73.4 Å². The number of hydrogen-bond donors (Lipinski definition) is 0. The average molecular weight is 610 g/mol. The van der Waals surface area contributed by atoms with E-state index in [4.69, 9.17) is 9.47 Å². The molecule has 0 saturated carbocycles. The summed E-state index contributed by atoms with van der Waals surface area (Å²) < 4.78 is 14.6. The molecule has 0 aliphatic heterocycles. The fraction of sp³-hybridized carbons (Fsp3) is 0.185. The number of hydrogen-bond acceptors (Lipinski definition) is 6. The van der Waals surface area contributed by atoms with Gasteiger partial charge in [-0.25, -0.2) is 4.98 Å². The Bertz CT molecular complexity index is 1560. The molecule has 4 aromatic rings. The van der Waals surface area contributed by atoms with E-state index in [1.807, 2.05) is 43.3 Å². The predicted octanol–water partition coefficient (Wildman–Crippen LogP) is 6.22. The van der Waals surface area contributed by atoms with Gasteiger partial charge in [0.25, 0.3) is 5.56 Å². The predicted molar refractivity (Wildman–Crippen MR) is 147 cm³/mol. The minimum Gasteiger partial charge on any atom is -0.493 e. The van der Waals surface area contributed by atoms with Crippen LogP contribution in [-0.4, -0.2) is 23.0 Å². The van der Waals surface area contributed by atoms with E-state index in [2.05, 4.69) is 48.0 Å². The van der Waals surface area contributed by atoms with Gasteiger partial charge in [0.15, 0.2) is 11.5 Å². The standard InChI is InChI=1S/C27H22Br2N4O3/c1-3-6-25-32-23-10-9-20(28)12-22(23)27(34)33(25)31-15-19-11-21(29)13-24(35-2)26(19)36-16-18-8-5-4-7-17(18)14-30/h4-5,7-13,15H,3,6,16H2,1-2H3. The van der Waals surface area contributed by atoms with Gasteiger partial charge in [-0.3, -0.25) is 4.79 Å². The zero-order chi connectivity index (χ0) is 25.7. The molecule has 0 unspecified atom stereocenters. The largest absolute Gasteiger partial charge is 0.493 e. The Balaban J connectivity index is 1.79. The van der Waals surface area contributed by atoms with Crippen molar-refractivity contribution in [3.63, 3.8) is 0 Å². The van der Waals surface area contributed by atoms with Gasteiger partial charge >= 0.3 is 0 Å². The van der Waals surface area contributed by atoms with Crippen LogP contribution < -0.4 is 15.0 Å². The Morgan fingerprint density at radius 1 is 1.14 bits per heavy atom. The highest BCUT2D eigenvalue weighted by molar-refractivity contribution is 9.10. The number of methoxy groups -OCH3 is 1. The van der Waals surface area contributed by atoms with Crippen molar-refractivity contribution in [1.82, 2.24) is 9.66 Å². The van der Waals surface area contributed by atoms with Gasteiger partial charge in [0.1, 0.15) is 12.4 Å². The van der Waals surface area contributed by atoms with Gasteiger partial charge in [-0.05, 0) is 42.8 Å². The summed E-state index contributed by atoms with van der Waals surface area (Å²) in [5.41, 5.74) is 2.25. The number of aromatic nitrogens is 2. The van der Waals surface area contributed by atoms with Crippen molar-refractivity contribution in [2.24, 2.45) is 5.10 Å². The topological polar surface area (TPSA) is 89.5 Å². The van der Waals surface area contributed by atoms with E-state index in [0.29, 0.717) is 45.8 Å². The lowest BCUT2D eigenvalue weighted by Crippen LogP contribution is -2.22. The van der Waals surface area contributed by atoms with Crippen molar-refractivity contribution >= 4 is 49.0 Å². The lowest BCUT2D eigenvalue weighted by molar-refractivity contribution is 0.283. The van der Waals surface area contributed by atoms with Crippen LogP contribution in [-0.2, 0) is 13.0 Å². The van der Waals surface area contributed by atoms with Gasteiger partial charge in [0, 0.05) is 26.5 Å². The summed E-state index contributed by atoms with van der Waals surface area (Å²) in [6.45, 7) is 2.19. The fourth-order valence-electron chi connectivity index (χ4n) is 3.72. The summed E-state index contributed by atoms with van der Waals surface area (Å²) in [6, 6.07) is 18.5. The first-order valence-electron chi connectivity index (χ1n) is 11.2. The summed E-state index contributed by atoms with van der Waals surface area (Å²) in [5, 5.41) is 14.4.